The Morgan fingerprint density at radius 2 is 1.78 bits per heavy atom. The lowest BCUT2D eigenvalue weighted by Gasteiger charge is -2.62. The smallest absolute Gasteiger partial charge is 0.377 e. The Balaban J connectivity index is 1.22. The van der Waals surface area contributed by atoms with Gasteiger partial charge in [-0.1, -0.05) is 0 Å². The highest BCUT2D eigenvalue weighted by Gasteiger charge is 2.73. The van der Waals surface area contributed by atoms with Crippen LogP contribution in [0.1, 0.15) is 46.0 Å². The number of halogens is 2. The molecular weight excluding hydrogens is 434 g/mol. The van der Waals surface area contributed by atoms with Gasteiger partial charge in [-0.05, 0) is 38.0 Å². The number of rotatable bonds is 3. The Morgan fingerprint density at radius 3 is 2.41 bits per heavy atom. The van der Waals surface area contributed by atoms with Gasteiger partial charge in [0.05, 0.1) is 0 Å². The highest BCUT2D eigenvalue weighted by Crippen LogP contribution is 2.66. The maximum absolute atomic E-state index is 13.5. The molecule has 4 aliphatic carbocycles. The van der Waals surface area contributed by atoms with Gasteiger partial charge in [0.25, 0.3) is 6.29 Å². The standard InChI is InChI=1S/C21H24F2O9/c1-8(24)27-16-13-12(15(25)29-16)14-17(28-13)31-21(30-14)10-3-9-4-11(21)7-20(5-9,6-10)32-18(26)19(2,22)23/h9-14,16-17H,3-7H2,1-2H3. The number of fused-ring (bicyclic) bond motifs is 3. The van der Waals surface area contributed by atoms with Crippen LogP contribution in [0.25, 0.3) is 0 Å². The van der Waals surface area contributed by atoms with Gasteiger partial charge >= 0.3 is 23.8 Å². The van der Waals surface area contributed by atoms with Crippen molar-refractivity contribution < 1.29 is 51.6 Å². The lowest BCUT2D eigenvalue weighted by molar-refractivity contribution is -0.344. The van der Waals surface area contributed by atoms with E-state index in [0.29, 0.717) is 26.2 Å². The molecule has 176 valence electrons. The summed E-state index contributed by atoms with van der Waals surface area (Å²) in [6, 6.07) is 0. The van der Waals surface area contributed by atoms with E-state index in [1.165, 1.54) is 6.92 Å². The summed E-state index contributed by atoms with van der Waals surface area (Å²) < 4.78 is 61.3. The molecule has 7 rings (SSSR count). The van der Waals surface area contributed by atoms with Crippen molar-refractivity contribution in [2.75, 3.05) is 0 Å². The minimum absolute atomic E-state index is 0.179. The van der Waals surface area contributed by atoms with Crippen LogP contribution in [0.15, 0.2) is 0 Å². The Labute approximate surface area is 182 Å². The van der Waals surface area contributed by atoms with Crippen LogP contribution in [0.4, 0.5) is 8.78 Å². The van der Waals surface area contributed by atoms with Crippen molar-refractivity contribution in [3.8, 4) is 0 Å². The number of cyclic esters (lactones) is 1. The number of hydrogen-bond acceptors (Lipinski definition) is 9. The Kier molecular flexibility index (Phi) is 4.14. The largest absolute Gasteiger partial charge is 0.455 e. The fourth-order valence-corrected chi connectivity index (χ4v) is 6.99. The van der Waals surface area contributed by atoms with Crippen molar-refractivity contribution in [1.29, 1.82) is 0 Å². The average Bonchev–Trinajstić information content (AvgIpc) is 3.27. The lowest BCUT2D eigenvalue weighted by atomic mass is 9.51. The van der Waals surface area contributed by atoms with Crippen LogP contribution in [0, 0.1) is 23.7 Å². The molecule has 0 aromatic heterocycles. The molecule has 3 saturated heterocycles. The SMILES string of the molecule is CC(=O)OC1OC(=O)C2C1OC1OC3(OC12)C1CC2CC3CC(OC(=O)C(C)(F)F)(C2)C1. The van der Waals surface area contributed by atoms with Crippen LogP contribution in [0.3, 0.4) is 0 Å². The number of alkyl halides is 2. The monoisotopic (exact) mass is 458 g/mol. The molecule has 4 bridgehead atoms. The predicted molar refractivity (Wildman–Crippen MR) is 95.5 cm³/mol. The van der Waals surface area contributed by atoms with Crippen LogP contribution >= 0.6 is 0 Å². The van der Waals surface area contributed by atoms with E-state index >= 15 is 0 Å². The molecule has 0 N–H and O–H groups in total. The zero-order chi connectivity index (χ0) is 22.6. The topological polar surface area (TPSA) is 107 Å². The van der Waals surface area contributed by atoms with Crippen molar-refractivity contribution in [2.24, 2.45) is 23.7 Å². The summed E-state index contributed by atoms with van der Waals surface area (Å²) in [4.78, 5) is 35.7. The Hall–Kier alpha value is -1.85. The summed E-state index contributed by atoms with van der Waals surface area (Å²) in [6.07, 6.45) is -0.714. The fraction of sp³-hybridized carbons (Fsp3) is 0.857. The van der Waals surface area contributed by atoms with E-state index in [1.54, 1.807) is 0 Å². The van der Waals surface area contributed by atoms with Crippen molar-refractivity contribution >= 4 is 17.9 Å². The van der Waals surface area contributed by atoms with Crippen LogP contribution in [-0.4, -0.2) is 60.0 Å². The first-order valence-electron chi connectivity index (χ1n) is 11.0. The summed E-state index contributed by atoms with van der Waals surface area (Å²) in [5.41, 5.74) is -0.946. The van der Waals surface area contributed by atoms with Crippen molar-refractivity contribution in [1.82, 2.24) is 0 Å². The number of ether oxygens (including phenoxy) is 6. The van der Waals surface area contributed by atoms with E-state index < -0.39 is 65.9 Å². The van der Waals surface area contributed by atoms with Gasteiger partial charge in [0.15, 0.2) is 18.2 Å². The first kappa shape index (κ1) is 20.7. The summed E-state index contributed by atoms with van der Waals surface area (Å²) in [6.45, 7) is 1.75. The molecule has 0 aromatic rings. The maximum atomic E-state index is 13.5. The van der Waals surface area contributed by atoms with E-state index in [-0.39, 0.29) is 17.8 Å². The Bertz CT molecular complexity index is 869. The highest BCUT2D eigenvalue weighted by molar-refractivity contribution is 5.78. The molecule has 0 radical (unpaired) electrons. The molecule has 7 atom stereocenters. The molecule has 7 unspecified atom stereocenters. The molecule has 4 saturated carbocycles. The van der Waals surface area contributed by atoms with E-state index in [1.807, 2.05) is 0 Å². The van der Waals surface area contributed by atoms with Crippen LogP contribution in [0.2, 0.25) is 0 Å². The third kappa shape index (κ3) is 2.80. The maximum Gasteiger partial charge on any atom is 0.377 e. The molecule has 1 spiro atoms. The van der Waals surface area contributed by atoms with Gasteiger partial charge in [-0.25, -0.2) is 4.79 Å². The molecule has 32 heavy (non-hydrogen) atoms. The molecule has 0 aromatic carbocycles. The third-order valence-corrected chi connectivity index (χ3v) is 7.88. The molecule has 7 aliphatic rings. The second-order valence-electron chi connectivity index (χ2n) is 10.1. The van der Waals surface area contributed by atoms with Crippen molar-refractivity contribution in [3.05, 3.63) is 0 Å². The molecule has 9 nitrogen and oxygen atoms in total. The molecule has 3 aliphatic heterocycles. The van der Waals surface area contributed by atoms with Crippen LogP contribution in [-0.2, 0) is 42.8 Å². The third-order valence-electron chi connectivity index (χ3n) is 7.88. The molecular formula is C21H24F2O9. The predicted octanol–water partition coefficient (Wildman–Crippen LogP) is 1.66. The summed E-state index contributed by atoms with van der Waals surface area (Å²) in [7, 11) is 0. The highest BCUT2D eigenvalue weighted by atomic mass is 19.3. The number of esters is 3. The summed E-state index contributed by atoms with van der Waals surface area (Å²) in [5, 5.41) is 0. The lowest BCUT2D eigenvalue weighted by Crippen LogP contribution is -2.66. The second-order valence-corrected chi connectivity index (χ2v) is 10.1. The summed E-state index contributed by atoms with van der Waals surface area (Å²) in [5.74, 6) is -8.17. The first-order valence-corrected chi connectivity index (χ1v) is 11.0. The Morgan fingerprint density at radius 1 is 1.09 bits per heavy atom. The number of carbonyl (C=O) groups is 3. The zero-order valence-corrected chi connectivity index (χ0v) is 17.6. The molecule has 7 fully saturated rings. The minimum atomic E-state index is -3.55. The van der Waals surface area contributed by atoms with E-state index in [9.17, 15) is 23.2 Å². The molecule has 3 heterocycles. The second kappa shape index (κ2) is 6.38. The van der Waals surface area contributed by atoms with Gasteiger partial charge in [0, 0.05) is 25.7 Å². The fourth-order valence-electron chi connectivity index (χ4n) is 6.99. The normalized spacial score (nSPS) is 50.3. The number of hydrogen-bond donors (Lipinski definition) is 0. The van der Waals surface area contributed by atoms with Gasteiger partial charge < -0.3 is 28.4 Å². The van der Waals surface area contributed by atoms with E-state index in [2.05, 4.69) is 0 Å². The van der Waals surface area contributed by atoms with Crippen molar-refractivity contribution in [3.63, 3.8) is 0 Å². The quantitative estimate of drug-likeness (QED) is 0.584. The minimum Gasteiger partial charge on any atom is -0.455 e. The van der Waals surface area contributed by atoms with Gasteiger partial charge in [0.1, 0.15) is 17.6 Å². The van der Waals surface area contributed by atoms with E-state index in [0.717, 1.165) is 12.8 Å². The van der Waals surface area contributed by atoms with Crippen LogP contribution in [0.5, 0.6) is 0 Å². The van der Waals surface area contributed by atoms with Gasteiger partial charge in [-0.2, -0.15) is 8.78 Å². The average molecular weight is 458 g/mol. The molecule has 11 heteroatoms. The van der Waals surface area contributed by atoms with E-state index in [4.69, 9.17) is 28.4 Å². The van der Waals surface area contributed by atoms with Crippen LogP contribution < -0.4 is 0 Å². The zero-order valence-electron chi connectivity index (χ0n) is 17.6. The first-order chi connectivity index (χ1) is 15.0. The van der Waals surface area contributed by atoms with Gasteiger partial charge in [-0.15, -0.1) is 0 Å². The van der Waals surface area contributed by atoms with Crippen molar-refractivity contribution in [2.45, 2.75) is 88.1 Å². The molecule has 0 amide bonds. The van der Waals surface area contributed by atoms with Gasteiger partial charge in [0.2, 0.25) is 0 Å². The summed E-state index contributed by atoms with van der Waals surface area (Å²) >= 11 is 0. The number of carbonyl (C=O) groups excluding carboxylic acids is 3. The van der Waals surface area contributed by atoms with Gasteiger partial charge in [-0.3, -0.25) is 9.59 Å².